The predicted octanol–water partition coefficient (Wildman–Crippen LogP) is 12.4. The van der Waals surface area contributed by atoms with Crippen molar-refractivity contribution in [3.05, 3.63) is 0 Å². The Bertz CT molecular complexity index is 408. The molecule has 2 nitrogen and oxygen atoms in total. The smallest absolute Gasteiger partial charge is 0.154 e. The van der Waals surface area contributed by atoms with Crippen molar-refractivity contribution < 1.29 is 10.2 Å². The van der Waals surface area contributed by atoms with Crippen molar-refractivity contribution in [3.8, 4) is 0 Å². The van der Waals surface area contributed by atoms with Gasteiger partial charge in [-0.05, 0) is 12.8 Å². The Morgan fingerprint density at radius 1 is 0.289 bits per heavy atom. The van der Waals surface area contributed by atoms with Crippen molar-refractivity contribution in [1.29, 1.82) is 0 Å². The van der Waals surface area contributed by atoms with Gasteiger partial charge in [-0.25, -0.2) is 0 Å². The molecule has 0 amide bonds. The first kappa shape index (κ1) is 37.9. The lowest BCUT2D eigenvalue weighted by Gasteiger charge is -2.18. The SMILES string of the molecule is CCCCCCCCCCCCCCCCCCC(CCCCCCCCCCCCCCCC)C(O)O. The Labute approximate surface area is 241 Å². The summed E-state index contributed by atoms with van der Waals surface area (Å²) in [7, 11) is 0. The van der Waals surface area contributed by atoms with E-state index < -0.39 is 6.29 Å². The van der Waals surface area contributed by atoms with E-state index in [1.165, 1.54) is 193 Å². The highest BCUT2D eigenvalue weighted by molar-refractivity contribution is 4.62. The largest absolute Gasteiger partial charge is 0.368 e. The van der Waals surface area contributed by atoms with Crippen molar-refractivity contribution in [2.75, 3.05) is 0 Å². The van der Waals surface area contributed by atoms with Crippen LogP contribution in [0, 0.1) is 5.92 Å². The zero-order valence-corrected chi connectivity index (χ0v) is 26.7. The minimum atomic E-state index is -1.12. The van der Waals surface area contributed by atoms with E-state index in [4.69, 9.17) is 0 Å². The van der Waals surface area contributed by atoms with E-state index in [9.17, 15) is 10.2 Å². The second kappa shape index (κ2) is 33.1. The van der Waals surface area contributed by atoms with Gasteiger partial charge >= 0.3 is 0 Å². The van der Waals surface area contributed by atoms with Crippen LogP contribution in [0.15, 0.2) is 0 Å². The highest BCUT2D eigenvalue weighted by atomic mass is 16.5. The Morgan fingerprint density at radius 2 is 0.474 bits per heavy atom. The van der Waals surface area contributed by atoms with Gasteiger partial charge in [-0.15, -0.1) is 0 Å². The fraction of sp³-hybridized carbons (Fsp3) is 1.00. The van der Waals surface area contributed by atoms with Gasteiger partial charge in [0.05, 0.1) is 0 Å². The van der Waals surface area contributed by atoms with Gasteiger partial charge in [-0.1, -0.05) is 206 Å². The number of hydrogen-bond acceptors (Lipinski definition) is 2. The zero-order valence-electron chi connectivity index (χ0n) is 26.7. The second-order valence-corrected chi connectivity index (χ2v) is 12.7. The molecule has 230 valence electrons. The third-order valence-corrected chi connectivity index (χ3v) is 8.78. The van der Waals surface area contributed by atoms with Crippen LogP contribution >= 0.6 is 0 Å². The summed E-state index contributed by atoms with van der Waals surface area (Å²) in [6.45, 7) is 4.58. The summed E-state index contributed by atoms with van der Waals surface area (Å²) in [6, 6.07) is 0. The molecule has 38 heavy (non-hydrogen) atoms. The fourth-order valence-corrected chi connectivity index (χ4v) is 6.00. The number of hydrogen-bond donors (Lipinski definition) is 2. The first-order chi connectivity index (χ1) is 18.7. The molecular formula is C36H74O2. The molecular weight excluding hydrogens is 464 g/mol. The van der Waals surface area contributed by atoms with Gasteiger partial charge in [0, 0.05) is 5.92 Å². The van der Waals surface area contributed by atoms with Crippen molar-refractivity contribution in [3.63, 3.8) is 0 Å². The molecule has 1 unspecified atom stereocenters. The van der Waals surface area contributed by atoms with Gasteiger partial charge in [0.15, 0.2) is 6.29 Å². The standard InChI is InChI=1S/C36H74O2/c1-3-5-7-9-11-13-15-17-19-20-22-24-26-28-30-32-34-35(36(37)38)33-31-29-27-25-23-21-18-16-14-12-10-8-6-4-2/h35-38H,3-34H2,1-2H3. The summed E-state index contributed by atoms with van der Waals surface area (Å²) >= 11 is 0. The molecule has 0 aromatic heterocycles. The van der Waals surface area contributed by atoms with Crippen LogP contribution in [0.5, 0.6) is 0 Å². The molecule has 0 aliphatic heterocycles. The van der Waals surface area contributed by atoms with Crippen molar-refractivity contribution in [2.45, 2.75) is 226 Å². The molecule has 0 heterocycles. The average molecular weight is 539 g/mol. The fourth-order valence-electron chi connectivity index (χ4n) is 6.00. The summed E-state index contributed by atoms with van der Waals surface area (Å²) < 4.78 is 0. The van der Waals surface area contributed by atoms with E-state index in [2.05, 4.69) is 13.8 Å². The molecule has 0 aliphatic carbocycles. The maximum Gasteiger partial charge on any atom is 0.154 e. The minimum absolute atomic E-state index is 0.0963. The maximum atomic E-state index is 9.80. The van der Waals surface area contributed by atoms with Crippen LogP contribution in [0.3, 0.4) is 0 Å². The van der Waals surface area contributed by atoms with E-state index in [1.54, 1.807) is 0 Å². The van der Waals surface area contributed by atoms with Crippen LogP contribution in [0.1, 0.15) is 219 Å². The molecule has 0 aliphatic rings. The average Bonchev–Trinajstić information content (AvgIpc) is 2.91. The Kier molecular flexibility index (Phi) is 33.1. The quantitative estimate of drug-likeness (QED) is 0.0644. The Balaban J connectivity index is 3.37. The van der Waals surface area contributed by atoms with Crippen LogP contribution in [0.25, 0.3) is 0 Å². The lowest BCUT2D eigenvalue weighted by atomic mass is 9.93. The number of aliphatic hydroxyl groups is 2. The Hall–Kier alpha value is -0.0800. The summed E-state index contributed by atoms with van der Waals surface area (Å²) in [6.07, 6.45) is 42.4. The lowest BCUT2D eigenvalue weighted by molar-refractivity contribution is -0.0890. The van der Waals surface area contributed by atoms with E-state index in [0.29, 0.717) is 0 Å². The first-order valence-electron chi connectivity index (χ1n) is 18.1. The summed E-state index contributed by atoms with van der Waals surface area (Å²) in [5.41, 5.74) is 0. The molecule has 0 rings (SSSR count). The van der Waals surface area contributed by atoms with Crippen LogP contribution in [-0.2, 0) is 0 Å². The molecule has 0 aromatic rings. The second-order valence-electron chi connectivity index (χ2n) is 12.7. The topological polar surface area (TPSA) is 40.5 Å². The van der Waals surface area contributed by atoms with Gasteiger partial charge in [-0.3, -0.25) is 0 Å². The van der Waals surface area contributed by atoms with Gasteiger partial charge < -0.3 is 10.2 Å². The predicted molar refractivity (Wildman–Crippen MR) is 171 cm³/mol. The Morgan fingerprint density at radius 3 is 0.658 bits per heavy atom. The van der Waals surface area contributed by atoms with E-state index >= 15 is 0 Å². The number of aliphatic hydroxyl groups excluding tert-OH is 1. The molecule has 2 heteroatoms. The summed E-state index contributed by atoms with van der Waals surface area (Å²) in [5.74, 6) is 0.0963. The van der Waals surface area contributed by atoms with Gasteiger partial charge in [-0.2, -0.15) is 0 Å². The summed E-state index contributed by atoms with van der Waals surface area (Å²) in [5, 5.41) is 19.6. The third-order valence-electron chi connectivity index (χ3n) is 8.78. The van der Waals surface area contributed by atoms with E-state index in [-0.39, 0.29) is 5.92 Å². The molecule has 0 spiro atoms. The normalized spacial score (nSPS) is 12.6. The molecule has 0 radical (unpaired) electrons. The molecule has 0 bridgehead atoms. The minimum Gasteiger partial charge on any atom is -0.368 e. The van der Waals surface area contributed by atoms with Gasteiger partial charge in [0.1, 0.15) is 0 Å². The molecule has 0 saturated heterocycles. The molecule has 0 aromatic carbocycles. The van der Waals surface area contributed by atoms with Crippen molar-refractivity contribution in [1.82, 2.24) is 0 Å². The van der Waals surface area contributed by atoms with Crippen LogP contribution in [0.2, 0.25) is 0 Å². The maximum absolute atomic E-state index is 9.80. The van der Waals surface area contributed by atoms with Crippen LogP contribution in [-0.4, -0.2) is 16.5 Å². The highest BCUT2D eigenvalue weighted by Gasteiger charge is 2.15. The van der Waals surface area contributed by atoms with Crippen molar-refractivity contribution >= 4 is 0 Å². The monoisotopic (exact) mass is 539 g/mol. The van der Waals surface area contributed by atoms with Gasteiger partial charge in [0.25, 0.3) is 0 Å². The number of rotatable bonds is 33. The molecule has 0 saturated carbocycles. The third kappa shape index (κ3) is 30.5. The van der Waals surface area contributed by atoms with E-state index in [1.807, 2.05) is 0 Å². The van der Waals surface area contributed by atoms with Crippen LogP contribution < -0.4 is 0 Å². The van der Waals surface area contributed by atoms with Gasteiger partial charge in [0.2, 0.25) is 0 Å². The molecule has 0 fully saturated rings. The van der Waals surface area contributed by atoms with Crippen molar-refractivity contribution in [2.24, 2.45) is 5.92 Å². The van der Waals surface area contributed by atoms with Crippen LogP contribution in [0.4, 0.5) is 0 Å². The number of unbranched alkanes of at least 4 members (excludes halogenated alkanes) is 28. The van der Waals surface area contributed by atoms with E-state index in [0.717, 1.165) is 12.8 Å². The molecule has 2 N–H and O–H groups in total. The lowest BCUT2D eigenvalue weighted by Crippen LogP contribution is -2.19. The molecule has 1 atom stereocenters. The highest BCUT2D eigenvalue weighted by Crippen LogP contribution is 2.22. The zero-order chi connectivity index (χ0) is 27.8. The first-order valence-corrected chi connectivity index (χ1v) is 18.1. The summed E-state index contributed by atoms with van der Waals surface area (Å²) in [4.78, 5) is 0.